The summed E-state index contributed by atoms with van der Waals surface area (Å²) in [7, 11) is 0. The summed E-state index contributed by atoms with van der Waals surface area (Å²) >= 11 is 0. The van der Waals surface area contributed by atoms with E-state index in [9.17, 15) is 0 Å². The molecule has 18 heavy (non-hydrogen) atoms. The summed E-state index contributed by atoms with van der Waals surface area (Å²) in [6.07, 6.45) is 5.40. The van der Waals surface area contributed by atoms with Crippen LogP contribution in [0.1, 0.15) is 43.7 Å². The number of aryl methyl sites for hydroxylation is 1. The first kappa shape index (κ1) is 12.0. The first-order valence-corrected chi connectivity index (χ1v) is 7.33. The highest BCUT2D eigenvalue weighted by atomic mass is 15.2. The standard InChI is InChI=1S/C16H24N2/c1-12-10-16(18-9-3-4-13(18)2)8-5-14(12)11-17-15-6-7-15/h5,8,10,13,15,17H,3-4,6-7,9,11H2,1-2H3. The van der Waals surface area contributed by atoms with Gasteiger partial charge in [0.05, 0.1) is 0 Å². The van der Waals surface area contributed by atoms with Crippen molar-refractivity contribution in [2.24, 2.45) is 0 Å². The fourth-order valence-electron chi connectivity index (χ4n) is 2.92. The van der Waals surface area contributed by atoms with Gasteiger partial charge in [-0.05, 0) is 62.8 Å². The topological polar surface area (TPSA) is 15.3 Å². The van der Waals surface area contributed by atoms with Gasteiger partial charge in [-0.2, -0.15) is 0 Å². The van der Waals surface area contributed by atoms with Crippen molar-refractivity contribution in [1.82, 2.24) is 5.32 Å². The van der Waals surface area contributed by atoms with Gasteiger partial charge in [0.1, 0.15) is 0 Å². The second-order valence-corrected chi connectivity index (χ2v) is 5.95. The van der Waals surface area contributed by atoms with Crippen LogP contribution >= 0.6 is 0 Å². The largest absolute Gasteiger partial charge is 0.369 e. The summed E-state index contributed by atoms with van der Waals surface area (Å²) in [5.41, 5.74) is 4.30. The Balaban J connectivity index is 1.70. The molecule has 98 valence electrons. The Bertz CT molecular complexity index is 423. The predicted octanol–water partition coefficient (Wildman–Crippen LogP) is 3.24. The molecule has 1 saturated carbocycles. The van der Waals surface area contributed by atoms with Crippen LogP contribution in [0.3, 0.4) is 0 Å². The number of hydrogen-bond donors (Lipinski definition) is 1. The second-order valence-electron chi connectivity index (χ2n) is 5.95. The van der Waals surface area contributed by atoms with Crippen molar-refractivity contribution in [2.45, 2.75) is 58.2 Å². The number of rotatable bonds is 4. The third-order valence-electron chi connectivity index (χ3n) is 4.37. The van der Waals surface area contributed by atoms with E-state index in [1.807, 2.05) is 0 Å². The summed E-state index contributed by atoms with van der Waals surface area (Å²) in [4.78, 5) is 2.55. The van der Waals surface area contributed by atoms with E-state index in [1.165, 1.54) is 49.0 Å². The first-order chi connectivity index (χ1) is 8.74. The summed E-state index contributed by atoms with van der Waals surface area (Å²) in [5.74, 6) is 0. The van der Waals surface area contributed by atoms with E-state index in [1.54, 1.807) is 0 Å². The van der Waals surface area contributed by atoms with Gasteiger partial charge in [-0.15, -0.1) is 0 Å². The van der Waals surface area contributed by atoms with Gasteiger partial charge in [-0.1, -0.05) is 6.07 Å². The predicted molar refractivity (Wildman–Crippen MR) is 77.1 cm³/mol. The van der Waals surface area contributed by atoms with Crippen LogP contribution in [0.15, 0.2) is 18.2 Å². The molecule has 1 saturated heterocycles. The Morgan fingerprint density at radius 3 is 2.72 bits per heavy atom. The number of anilines is 1. The third kappa shape index (κ3) is 2.54. The van der Waals surface area contributed by atoms with Gasteiger partial charge in [0.15, 0.2) is 0 Å². The molecule has 1 aromatic carbocycles. The van der Waals surface area contributed by atoms with Crippen LogP contribution < -0.4 is 10.2 Å². The molecule has 0 spiro atoms. The van der Waals surface area contributed by atoms with Gasteiger partial charge in [0.2, 0.25) is 0 Å². The lowest BCUT2D eigenvalue weighted by molar-refractivity contribution is 0.684. The molecule has 1 unspecified atom stereocenters. The molecule has 2 nitrogen and oxygen atoms in total. The average Bonchev–Trinajstić information content (AvgIpc) is 3.09. The van der Waals surface area contributed by atoms with Crippen LogP contribution in [0, 0.1) is 6.92 Å². The maximum absolute atomic E-state index is 3.60. The SMILES string of the molecule is Cc1cc(N2CCCC2C)ccc1CNC1CC1. The zero-order valence-electron chi connectivity index (χ0n) is 11.6. The molecular formula is C16H24N2. The maximum Gasteiger partial charge on any atom is 0.0371 e. The van der Waals surface area contributed by atoms with Crippen LogP contribution in [0.2, 0.25) is 0 Å². The van der Waals surface area contributed by atoms with Gasteiger partial charge in [0.25, 0.3) is 0 Å². The lowest BCUT2D eigenvalue weighted by atomic mass is 10.1. The molecular weight excluding hydrogens is 220 g/mol. The number of hydrogen-bond acceptors (Lipinski definition) is 2. The minimum absolute atomic E-state index is 0.708. The molecule has 1 heterocycles. The van der Waals surface area contributed by atoms with Crippen LogP contribution in [0.5, 0.6) is 0 Å². The van der Waals surface area contributed by atoms with Crippen molar-refractivity contribution >= 4 is 5.69 Å². The van der Waals surface area contributed by atoms with Crippen LogP contribution in [0.25, 0.3) is 0 Å². The lowest BCUT2D eigenvalue weighted by Gasteiger charge is -2.24. The molecule has 0 bridgehead atoms. The molecule has 2 heteroatoms. The Morgan fingerprint density at radius 1 is 1.28 bits per heavy atom. The Hall–Kier alpha value is -1.02. The molecule has 2 fully saturated rings. The zero-order chi connectivity index (χ0) is 12.5. The first-order valence-electron chi connectivity index (χ1n) is 7.33. The van der Waals surface area contributed by atoms with Crippen molar-refractivity contribution in [3.63, 3.8) is 0 Å². The minimum Gasteiger partial charge on any atom is -0.369 e. The Morgan fingerprint density at radius 2 is 2.11 bits per heavy atom. The highest BCUT2D eigenvalue weighted by Crippen LogP contribution is 2.27. The quantitative estimate of drug-likeness (QED) is 0.874. The fraction of sp³-hybridized carbons (Fsp3) is 0.625. The highest BCUT2D eigenvalue weighted by Gasteiger charge is 2.22. The summed E-state index contributed by atoms with van der Waals surface area (Å²) < 4.78 is 0. The molecule has 0 amide bonds. The summed E-state index contributed by atoms with van der Waals surface area (Å²) in [6.45, 7) is 6.84. The van der Waals surface area contributed by atoms with Gasteiger partial charge in [-0.25, -0.2) is 0 Å². The molecule has 1 aliphatic heterocycles. The van der Waals surface area contributed by atoms with E-state index in [-0.39, 0.29) is 0 Å². The van der Waals surface area contributed by atoms with Crippen LogP contribution in [-0.4, -0.2) is 18.6 Å². The third-order valence-corrected chi connectivity index (χ3v) is 4.37. The minimum atomic E-state index is 0.708. The number of nitrogens with zero attached hydrogens (tertiary/aromatic N) is 1. The lowest BCUT2D eigenvalue weighted by Crippen LogP contribution is -2.26. The van der Waals surface area contributed by atoms with E-state index >= 15 is 0 Å². The van der Waals surface area contributed by atoms with Crippen molar-refractivity contribution in [1.29, 1.82) is 0 Å². The highest BCUT2D eigenvalue weighted by molar-refractivity contribution is 5.52. The monoisotopic (exact) mass is 244 g/mol. The molecule has 0 aromatic heterocycles. The van der Waals surface area contributed by atoms with E-state index in [4.69, 9.17) is 0 Å². The van der Waals surface area contributed by atoms with E-state index in [2.05, 4.69) is 42.3 Å². The van der Waals surface area contributed by atoms with Crippen LogP contribution in [-0.2, 0) is 6.54 Å². The molecule has 1 aliphatic carbocycles. The van der Waals surface area contributed by atoms with Crippen molar-refractivity contribution in [3.8, 4) is 0 Å². The Kier molecular flexibility index (Phi) is 3.29. The van der Waals surface area contributed by atoms with E-state index in [0.29, 0.717) is 6.04 Å². The molecule has 1 atom stereocenters. The van der Waals surface area contributed by atoms with E-state index < -0.39 is 0 Å². The van der Waals surface area contributed by atoms with Gasteiger partial charge in [-0.3, -0.25) is 0 Å². The normalized spacial score (nSPS) is 23.7. The molecule has 0 radical (unpaired) electrons. The van der Waals surface area contributed by atoms with Gasteiger partial charge < -0.3 is 10.2 Å². The molecule has 1 aromatic rings. The molecule has 1 N–H and O–H groups in total. The average molecular weight is 244 g/mol. The maximum atomic E-state index is 3.60. The van der Waals surface area contributed by atoms with E-state index in [0.717, 1.165) is 12.6 Å². The van der Waals surface area contributed by atoms with Crippen LogP contribution in [0.4, 0.5) is 5.69 Å². The van der Waals surface area contributed by atoms with Crippen molar-refractivity contribution in [2.75, 3.05) is 11.4 Å². The Labute approximate surface area is 110 Å². The fourth-order valence-corrected chi connectivity index (χ4v) is 2.92. The van der Waals surface area contributed by atoms with Crippen molar-refractivity contribution in [3.05, 3.63) is 29.3 Å². The number of benzene rings is 1. The smallest absolute Gasteiger partial charge is 0.0371 e. The summed E-state index contributed by atoms with van der Waals surface area (Å²) in [5, 5.41) is 3.60. The summed E-state index contributed by atoms with van der Waals surface area (Å²) in [6, 6.07) is 8.48. The van der Waals surface area contributed by atoms with Gasteiger partial charge >= 0.3 is 0 Å². The zero-order valence-corrected chi connectivity index (χ0v) is 11.6. The molecule has 3 rings (SSSR count). The second kappa shape index (κ2) is 4.93. The number of nitrogens with one attached hydrogen (secondary N) is 1. The van der Waals surface area contributed by atoms with Crippen molar-refractivity contribution < 1.29 is 0 Å². The van der Waals surface area contributed by atoms with Gasteiger partial charge in [0, 0.05) is 30.9 Å². The molecule has 2 aliphatic rings.